The number of aromatic amines is 1. The number of carboxylic acids is 1. The van der Waals surface area contributed by atoms with E-state index in [0.29, 0.717) is 16.5 Å². The van der Waals surface area contributed by atoms with Crippen LogP contribution in [0.1, 0.15) is 5.56 Å². The summed E-state index contributed by atoms with van der Waals surface area (Å²) < 4.78 is 41.3. The summed E-state index contributed by atoms with van der Waals surface area (Å²) in [7, 11) is -3.99. The van der Waals surface area contributed by atoms with Crippen LogP contribution >= 0.6 is 22.6 Å². The number of fused-ring (bicyclic) bond motifs is 1. The topological polar surface area (TPSA) is 99.3 Å². The van der Waals surface area contributed by atoms with Crippen LogP contribution in [-0.4, -0.2) is 30.5 Å². The van der Waals surface area contributed by atoms with Crippen molar-refractivity contribution in [3.05, 3.63) is 63.6 Å². The minimum absolute atomic E-state index is 0.00911. The third-order valence-corrected chi connectivity index (χ3v) is 6.08. The smallest absolute Gasteiger partial charge is 0.322 e. The Labute approximate surface area is 162 Å². The van der Waals surface area contributed by atoms with Crippen LogP contribution in [0.3, 0.4) is 0 Å². The summed E-state index contributed by atoms with van der Waals surface area (Å²) in [6.07, 6.45) is 1.48. The molecule has 1 aromatic heterocycles. The summed E-state index contributed by atoms with van der Waals surface area (Å²) in [5.74, 6) is -1.71. The fourth-order valence-corrected chi connectivity index (χ4v) is 4.14. The van der Waals surface area contributed by atoms with E-state index >= 15 is 0 Å². The largest absolute Gasteiger partial charge is 0.480 e. The first-order chi connectivity index (χ1) is 12.3. The standard InChI is InChI=1S/C17H14FIN2O4S/c18-11-1-6-14-10(9-20-15(14)8-11)7-16(17(22)23)21-26(24,25)13-4-2-12(19)3-5-13/h1-6,8-9,16,20-21H,7H2,(H,22,23)/t16-/m0/s1. The first-order valence-corrected chi connectivity index (χ1v) is 10.1. The minimum atomic E-state index is -3.99. The predicted octanol–water partition coefficient (Wildman–Crippen LogP) is 2.89. The minimum Gasteiger partial charge on any atom is -0.480 e. The Morgan fingerprint density at radius 1 is 1.23 bits per heavy atom. The maximum Gasteiger partial charge on any atom is 0.322 e. The van der Waals surface area contributed by atoms with Crippen molar-refractivity contribution < 1.29 is 22.7 Å². The number of carboxylic acid groups (broad SMARTS) is 1. The van der Waals surface area contributed by atoms with E-state index in [-0.39, 0.29) is 11.3 Å². The highest BCUT2D eigenvalue weighted by atomic mass is 127. The molecule has 0 unspecified atom stereocenters. The molecule has 1 heterocycles. The van der Waals surface area contributed by atoms with Crippen LogP contribution in [0.5, 0.6) is 0 Å². The number of rotatable bonds is 6. The van der Waals surface area contributed by atoms with Gasteiger partial charge in [-0.1, -0.05) is 0 Å². The second-order valence-corrected chi connectivity index (χ2v) is 8.63. The number of benzene rings is 2. The number of nitrogens with one attached hydrogen (secondary N) is 2. The molecular formula is C17H14FIN2O4S. The van der Waals surface area contributed by atoms with Crippen LogP contribution in [0, 0.1) is 9.39 Å². The van der Waals surface area contributed by atoms with Crippen LogP contribution in [0.4, 0.5) is 4.39 Å². The van der Waals surface area contributed by atoms with Crippen molar-refractivity contribution in [1.29, 1.82) is 0 Å². The maximum atomic E-state index is 13.3. The second kappa shape index (κ2) is 7.33. The van der Waals surface area contributed by atoms with E-state index in [1.54, 1.807) is 18.3 Å². The number of hydrogen-bond donors (Lipinski definition) is 3. The van der Waals surface area contributed by atoms with E-state index in [2.05, 4.69) is 9.71 Å². The SMILES string of the molecule is O=C(O)[C@H](Cc1c[nH]c2cc(F)ccc12)NS(=O)(=O)c1ccc(I)cc1. The van der Waals surface area contributed by atoms with Crippen molar-refractivity contribution in [3.8, 4) is 0 Å². The number of carbonyl (C=O) groups is 1. The first-order valence-electron chi connectivity index (χ1n) is 7.52. The number of aromatic nitrogens is 1. The molecule has 0 saturated carbocycles. The van der Waals surface area contributed by atoms with Gasteiger partial charge in [0, 0.05) is 27.1 Å². The molecular weight excluding hydrogens is 474 g/mol. The van der Waals surface area contributed by atoms with Gasteiger partial charge in [0.05, 0.1) is 4.90 Å². The normalized spacial score (nSPS) is 13.0. The molecule has 0 amide bonds. The average molecular weight is 488 g/mol. The number of aliphatic carboxylic acids is 1. The van der Waals surface area contributed by atoms with Crippen molar-refractivity contribution in [2.75, 3.05) is 0 Å². The van der Waals surface area contributed by atoms with Gasteiger partial charge >= 0.3 is 5.97 Å². The van der Waals surface area contributed by atoms with Crippen LogP contribution in [-0.2, 0) is 21.2 Å². The molecule has 1 atom stereocenters. The fraction of sp³-hybridized carbons (Fsp3) is 0.118. The second-order valence-electron chi connectivity index (χ2n) is 5.67. The van der Waals surface area contributed by atoms with Gasteiger partial charge in [0.2, 0.25) is 10.0 Å². The molecule has 6 nitrogen and oxygen atoms in total. The Balaban J connectivity index is 1.87. The summed E-state index contributed by atoms with van der Waals surface area (Å²) in [5, 5.41) is 10.1. The van der Waals surface area contributed by atoms with Gasteiger partial charge in [-0.2, -0.15) is 4.72 Å². The molecule has 136 valence electrons. The van der Waals surface area contributed by atoms with Gasteiger partial charge in [-0.05, 0) is 70.6 Å². The van der Waals surface area contributed by atoms with E-state index in [0.717, 1.165) is 3.57 Å². The highest BCUT2D eigenvalue weighted by Gasteiger charge is 2.26. The zero-order valence-corrected chi connectivity index (χ0v) is 16.2. The van der Waals surface area contributed by atoms with Crippen LogP contribution < -0.4 is 4.72 Å². The Morgan fingerprint density at radius 2 is 1.92 bits per heavy atom. The molecule has 0 radical (unpaired) electrons. The predicted molar refractivity (Wildman–Crippen MR) is 103 cm³/mol. The van der Waals surface area contributed by atoms with E-state index in [1.165, 1.54) is 30.3 Å². The summed E-state index contributed by atoms with van der Waals surface area (Å²) in [5.41, 5.74) is 1.10. The van der Waals surface area contributed by atoms with E-state index in [4.69, 9.17) is 0 Å². The molecule has 0 fully saturated rings. The molecule has 3 aromatic rings. The Kier molecular flexibility index (Phi) is 5.30. The lowest BCUT2D eigenvalue weighted by molar-refractivity contribution is -0.138. The molecule has 2 aromatic carbocycles. The molecule has 26 heavy (non-hydrogen) atoms. The van der Waals surface area contributed by atoms with Crippen molar-refractivity contribution in [2.24, 2.45) is 0 Å². The van der Waals surface area contributed by atoms with E-state index in [9.17, 15) is 22.7 Å². The Hall–Kier alpha value is -1.98. The number of hydrogen-bond acceptors (Lipinski definition) is 3. The first kappa shape index (κ1) is 18.8. The molecule has 0 bridgehead atoms. The monoisotopic (exact) mass is 488 g/mol. The van der Waals surface area contributed by atoms with Crippen molar-refractivity contribution >= 4 is 49.5 Å². The average Bonchev–Trinajstić information content (AvgIpc) is 2.96. The number of sulfonamides is 1. The van der Waals surface area contributed by atoms with Gasteiger partial charge in [-0.25, -0.2) is 12.8 Å². The van der Waals surface area contributed by atoms with Crippen molar-refractivity contribution in [1.82, 2.24) is 9.71 Å². The number of halogens is 2. The van der Waals surface area contributed by atoms with Crippen LogP contribution in [0.25, 0.3) is 10.9 Å². The zero-order chi connectivity index (χ0) is 18.9. The molecule has 0 saturated heterocycles. The summed E-state index contributed by atoms with van der Waals surface area (Å²) in [6, 6.07) is 8.81. The summed E-state index contributed by atoms with van der Waals surface area (Å²) in [6.45, 7) is 0. The molecule has 0 aliphatic heterocycles. The zero-order valence-electron chi connectivity index (χ0n) is 13.2. The van der Waals surface area contributed by atoms with Crippen LogP contribution in [0.2, 0.25) is 0 Å². The maximum absolute atomic E-state index is 13.3. The lowest BCUT2D eigenvalue weighted by atomic mass is 10.1. The van der Waals surface area contributed by atoms with Crippen LogP contribution in [0.15, 0.2) is 53.6 Å². The molecule has 0 aliphatic carbocycles. The lowest BCUT2D eigenvalue weighted by Crippen LogP contribution is -2.42. The van der Waals surface area contributed by atoms with E-state index in [1.807, 2.05) is 22.6 Å². The van der Waals surface area contributed by atoms with Crippen molar-refractivity contribution in [3.63, 3.8) is 0 Å². The van der Waals surface area contributed by atoms with Gasteiger partial charge in [0.1, 0.15) is 11.9 Å². The van der Waals surface area contributed by atoms with Gasteiger partial charge < -0.3 is 10.1 Å². The van der Waals surface area contributed by atoms with Gasteiger partial charge in [-0.15, -0.1) is 0 Å². The van der Waals surface area contributed by atoms with E-state index < -0.39 is 27.9 Å². The third kappa shape index (κ3) is 4.05. The van der Waals surface area contributed by atoms with Gasteiger partial charge in [-0.3, -0.25) is 4.79 Å². The van der Waals surface area contributed by atoms with Gasteiger partial charge in [0.25, 0.3) is 0 Å². The summed E-state index contributed by atoms with van der Waals surface area (Å²) >= 11 is 2.05. The lowest BCUT2D eigenvalue weighted by Gasteiger charge is -2.14. The number of H-pyrrole nitrogens is 1. The highest BCUT2D eigenvalue weighted by Crippen LogP contribution is 2.21. The summed E-state index contributed by atoms with van der Waals surface area (Å²) in [4.78, 5) is 14.4. The molecule has 3 rings (SSSR count). The fourth-order valence-electron chi connectivity index (χ4n) is 2.60. The molecule has 0 aliphatic rings. The quantitative estimate of drug-likeness (QED) is 0.465. The molecule has 3 N–H and O–H groups in total. The molecule has 9 heteroatoms. The van der Waals surface area contributed by atoms with Crippen molar-refractivity contribution in [2.45, 2.75) is 17.4 Å². The Morgan fingerprint density at radius 3 is 2.58 bits per heavy atom. The van der Waals surface area contributed by atoms with Gasteiger partial charge in [0.15, 0.2) is 0 Å². The highest BCUT2D eigenvalue weighted by molar-refractivity contribution is 14.1. The Bertz CT molecular complexity index is 1060. The molecule has 0 spiro atoms. The third-order valence-electron chi connectivity index (χ3n) is 3.87.